The maximum atomic E-state index is 13.8. The number of hydrogen-bond acceptors (Lipinski definition) is 3. The second-order valence-electron chi connectivity index (χ2n) is 10.6. The Morgan fingerprint density at radius 2 is 1.53 bits per heavy atom. The Labute approximate surface area is 243 Å². The van der Waals surface area contributed by atoms with E-state index in [0.717, 1.165) is 17.7 Å². The molecule has 3 N–H and O–H groups in total. The number of aromatic carboxylic acids is 1. The van der Waals surface area contributed by atoms with E-state index in [0.29, 0.717) is 46.2 Å². The number of fused-ring (bicyclic) bond motifs is 1. The number of carbonyl (C=O) groups excluding carboxylic acids is 1. The first-order valence-corrected chi connectivity index (χ1v) is 13.5. The Morgan fingerprint density at radius 3 is 2.14 bits per heavy atom. The molecule has 0 spiro atoms. The zero-order valence-corrected chi connectivity index (χ0v) is 22.6. The van der Waals surface area contributed by atoms with Crippen LogP contribution in [0.3, 0.4) is 0 Å². The van der Waals surface area contributed by atoms with E-state index < -0.39 is 23.2 Å². The average Bonchev–Trinajstić information content (AvgIpc) is 3.65. The molecule has 1 fully saturated rings. The van der Waals surface area contributed by atoms with Gasteiger partial charge in [0, 0.05) is 29.5 Å². The molecule has 0 saturated heterocycles. The molecule has 1 aromatic heterocycles. The lowest BCUT2D eigenvalue weighted by atomic mass is 10.0. The third kappa shape index (κ3) is 5.68. The van der Waals surface area contributed by atoms with Gasteiger partial charge in [-0.3, -0.25) is 4.79 Å². The fourth-order valence-corrected chi connectivity index (χ4v) is 5.26. The number of carbonyl (C=O) groups is 2. The molecule has 0 unspecified atom stereocenters. The molecule has 6 nitrogen and oxygen atoms in total. The summed E-state index contributed by atoms with van der Waals surface area (Å²) < 4.78 is 54.6. The molecule has 218 valence electrons. The standard InChI is InChI=1S/C33H25F4N3O3/c34-24-9-11-25(12-10-24)38-28-14-13-27(30(41)39-32(16-17-32)22-7-3-21(4-8-22)31(42)43)29-26(28)15-18-40(29)19-20-1-5-23(6-2-20)33(35,36)37/h1-15,18,38H,16-17,19H2,(H,39,41)(H,42,43). The van der Waals surface area contributed by atoms with Crippen LogP contribution in [0, 0.1) is 5.82 Å². The number of carboxylic acid groups (broad SMARTS) is 1. The van der Waals surface area contributed by atoms with Crippen molar-refractivity contribution in [3.05, 3.63) is 131 Å². The highest BCUT2D eigenvalue weighted by atomic mass is 19.4. The highest BCUT2D eigenvalue weighted by Crippen LogP contribution is 2.46. The largest absolute Gasteiger partial charge is 0.478 e. The minimum Gasteiger partial charge on any atom is -0.478 e. The summed E-state index contributed by atoms with van der Waals surface area (Å²) in [4.78, 5) is 25.1. The fourth-order valence-electron chi connectivity index (χ4n) is 5.26. The minimum atomic E-state index is -4.45. The second-order valence-corrected chi connectivity index (χ2v) is 10.6. The van der Waals surface area contributed by atoms with E-state index in [-0.39, 0.29) is 23.8 Å². The van der Waals surface area contributed by atoms with Gasteiger partial charge in [0.2, 0.25) is 0 Å². The van der Waals surface area contributed by atoms with E-state index in [9.17, 15) is 32.3 Å². The Hall–Kier alpha value is -5.12. The van der Waals surface area contributed by atoms with Gasteiger partial charge in [-0.1, -0.05) is 24.3 Å². The molecule has 0 atom stereocenters. The molecular formula is C33H25F4N3O3. The summed E-state index contributed by atoms with van der Waals surface area (Å²) in [5.41, 5.74) is 2.43. The summed E-state index contributed by atoms with van der Waals surface area (Å²) in [6, 6.07) is 22.4. The molecule has 6 rings (SSSR count). The van der Waals surface area contributed by atoms with Crippen molar-refractivity contribution in [2.75, 3.05) is 5.32 Å². The Bertz CT molecular complexity index is 1820. The Kier molecular flexibility index (Phi) is 6.92. The van der Waals surface area contributed by atoms with Crippen molar-refractivity contribution in [3.8, 4) is 0 Å². The first kappa shape index (κ1) is 28.0. The van der Waals surface area contributed by atoms with Gasteiger partial charge in [0.15, 0.2) is 0 Å². The van der Waals surface area contributed by atoms with Crippen LogP contribution < -0.4 is 10.6 Å². The fraction of sp³-hybridized carbons (Fsp3) is 0.152. The lowest BCUT2D eigenvalue weighted by Crippen LogP contribution is -2.35. The number of hydrogen-bond donors (Lipinski definition) is 3. The lowest BCUT2D eigenvalue weighted by Gasteiger charge is -2.20. The summed E-state index contributed by atoms with van der Waals surface area (Å²) in [6.07, 6.45) is -1.31. The van der Waals surface area contributed by atoms with Gasteiger partial charge in [-0.15, -0.1) is 0 Å². The van der Waals surface area contributed by atoms with Crippen molar-refractivity contribution >= 4 is 34.2 Å². The molecule has 10 heteroatoms. The van der Waals surface area contributed by atoms with Crippen molar-refractivity contribution in [2.45, 2.75) is 31.1 Å². The van der Waals surface area contributed by atoms with Gasteiger partial charge in [-0.2, -0.15) is 13.2 Å². The lowest BCUT2D eigenvalue weighted by molar-refractivity contribution is -0.137. The summed E-state index contributed by atoms with van der Waals surface area (Å²) in [5, 5.41) is 16.3. The van der Waals surface area contributed by atoms with Gasteiger partial charge in [0.25, 0.3) is 5.91 Å². The van der Waals surface area contributed by atoms with E-state index in [1.165, 1.54) is 36.4 Å². The number of rotatable bonds is 8. The normalized spacial score (nSPS) is 14.0. The quantitative estimate of drug-likeness (QED) is 0.163. The van der Waals surface area contributed by atoms with Crippen LogP contribution in [-0.4, -0.2) is 21.6 Å². The third-order valence-electron chi connectivity index (χ3n) is 7.71. The molecule has 1 saturated carbocycles. The van der Waals surface area contributed by atoms with Crippen molar-refractivity contribution in [1.29, 1.82) is 0 Å². The summed E-state index contributed by atoms with van der Waals surface area (Å²) in [6.45, 7) is 0.212. The number of alkyl halides is 3. The van der Waals surface area contributed by atoms with E-state index in [1.807, 2.05) is 10.6 Å². The first-order chi connectivity index (χ1) is 20.5. The van der Waals surface area contributed by atoms with E-state index in [1.54, 1.807) is 42.6 Å². The predicted molar refractivity (Wildman–Crippen MR) is 154 cm³/mol. The highest BCUT2D eigenvalue weighted by molar-refractivity contribution is 6.10. The SMILES string of the molecule is O=C(O)c1ccc(C2(NC(=O)c3ccc(Nc4ccc(F)cc4)c4ccn(Cc5ccc(C(F)(F)F)cc5)c34)CC2)cc1. The average molecular weight is 588 g/mol. The number of amides is 1. The van der Waals surface area contributed by atoms with Gasteiger partial charge in [-0.05, 0) is 90.7 Å². The number of aromatic nitrogens is 1. The number of benzene rings is 4. The number of nitrogens with one attached hydrogen (secondary N) is 2. The number of carboxylic acids is 1. The van der Waals surface area contributed by atoms with Crippen LogP contribution in [0.15, 0.2) is 97.2 Å². The maximum Gasteiger partial charge on any atom is 0.416 e. The van der Waals surface area contributed by atoms with Gasteiger partial charge in [0.05, 0.1) is 27.7 Å². The molecule has 1 aliphatic carbocycles. The van der Waals surface area contributed by atoms with Crippen molar-refractivity contribution in [2.24, 2.45) is 0 Å². The Balaban J connectivity index is 1.36. The molecule has 4 aromatic carbocycles. The van der Waals surface area contributed by atoms with Crippen LogP contribution in [0.4, 0.5) is 28.9 Å². The molecule has 0 aliphatic heterocycles. The smallest absolute Gasteiger partial charge is 0.416 e. The van der Waals surface area contributed by atoms with Crippen LogP contribution in [0.1, 0.15) is 50.2 Å². The van der Waals surface area contributed by atoms with Gasteiger partial charge >= 0.3 is 12.1 Å². The number of nitrogens with zero attached hydrogens (tertiary/aromatic N) is 1. The topological polar surface area (TPSA) is 83.4 Å². The van der Waals surface area contributed by atoms with E-state index >= 15 is 0 Å². The van der Waals surface area contributed by atoms with Gasteiger partial charge in [0.1, 0.15) is 5.82 Å². The van der Waals surface area contributed by atoms with Crippen LogP contribution in [-0.2, 0) is 18.3 Å². The summed E-state index contributed by atoms with van der Waals surface area (Å²) in [7, 11) is 0. The van der Waals surface area contributed by atoms with E-state index in [2.05, 4.69) is 10.6 Å². The number of halogens is 4. The molecule has 0 radical (unpaired) electrons. The van der Waals surface area contributed by atoms with Crippen LogP contribution >= 0.6 is 0 Å². The van der Waals surface area contributed by atoms with Gasteiger partial charge < -0.3 is 20.3 Å². The third-order valence-corrected chi connectivity index (χ3v) is 7.71. The van der Waals surface area contributed by atoms with Crippen molar-refractivity contribution < 1.29 is 32.3 Å². The molecule has 0 bridgehead atoms. The van der Waals surface area contributed by atoms with Crippen molar-refractivity contribution in [3.63, 3.8) is 0 Å². The predicted octanol–water partition coefficient (Wildman–Crippen LogP) is 7.71. The summed E-state index contributed by atoms with van der Waals surface area (Å²) >= 11 is 0. The molecular weight excluding hydrogens is 562 g/mol. The van der Waals surface area contributed by atoms with Crippen LogP contribution in [0.25, 0.3) is 10.9 Å². The zero-order chi connectivity index (χ0) is 30.4. The number of anilines is 2. The Morgan fingerprint density at radius 1 is 0.860 bits per heavy atom. The minimum absolute atomic E-state index is 0.151. The van der Waals surface area contributed by atoms with E-state index in [4.69, 9.17) is 0 Å². The zero-order valence-electron chi connectivity index (χ0n) is 22.6. The molecule has 5 aromatic rings. The molecule has 43 heavy (non-hydrogen) atoms. The maximum absolute atomic E-state index is 13.8. The van der Waals surface area contributed by atoms with Gasteiger partial charge in [-0.25, -0.2) is 9.18 Å². The molecule has 1 amide bonds. The highest BCUT2D eigenvalue weighted by Gasteiger charge is 2.46. The van der Waals surface area contributed by atoms with Crippen LogP contribution in [0.5, 0.6) is 0 Å². The molecule has 1 aliphatic rings. The summed E-state index contributed by atoms with van der Waals surface area (Å²) in [5.74, 6) is -1.76. The second kappa shape index (κ2) is 10.6. The molecule has 1 heterocycles. The van der Waals surface area contributed by atoms with Crippen LogP contribution in [0.2, 0.25) is 0 Å². The first-order valence-electron chi connectivity index (χ1n) is 13.5. The monoisotopic (exact) mass is 587 g/mol. The van der Waals surface area contributed by atoms with Crippen molar-refractivity contribution in [1.82, 2.24) is 9.88 Å².